The second-order valence-corrected chi connectivity index (χ2v) is 3.74. The normalized spacial score (nSPS) is 10.2. The zero-order valence-electron chi connectivity index (χ0n) is 10.3. The van der Waals surface area contributed by atoms with Crippen LogP contribution in [0.15, 0.2) is 24.3 Å². The Hall–Kier alpha value is -2.81. The lowest BCUT2D eigenvalue weighted by Gasteiger charge is -2.08. The minimum Gasteiger partial charge on any atom is -0.434 e. The third-order valence-corrected chi connectivity index (χ3v) is 2.37. The molecule has 1 heterocycles. The standard InChI is InChI=1S/C11H10FN5O3/c1-6-9(17(18)19)10(15-11(14-6)16-13)20-8-4-2-7(12)3-5-8/h2-5H,13H2,1H3,(H,14,15,16). The average Bonchev–Trinajstić information content (AvgIpc) is 2.40. The number of hydrogen-bond donors (Lipinski definition) is 2. The Kier molecular flexibility index (Phi) is 3.71. The summed E-state index contributed by atoms with van der Waals surface area (Å²) in [5.74, 6) is 4.63. The van der Waals surface area contributed by atoms with Crippen molar-refractivity contribution in [3.63, 3.8) is 0 Å². The fraction of sp³-hybridized carbons (Fsp3) is 0.0909. The number of nitro groups is 1. The number of ether oxygens (including phenoxy) is 1. The van der Waals surface area contributed by atoms with Gasteiger partial charge >= 0.3 is 11.6 Å². The molecular formula is C11H10FN5O3. The lowest BCUT2D eigenvalue weighted by atomic mass is 10.3. The zero-order chi connectivity index (χ0) is 14.7. The van der Waals surface area contributed by atoms with Crippen molar-refractivity contribution in [2.24, 2.45) is 5.84 Å². The summed E-state index contributed by atoms with van der Waals surface area (Å²) in [5, 5.41) is 11.0. The molecular weight excluding hydrogens is 269 g/mol. The van der Waals surface area contributed by atoms with Crippen molar-refractivity contribution in [3.8, 4) is 11.6 Å². The molecule has 1 aromatic carbocycles. The molecule has 0 unspecified atom stereocenters. The van der Waals surface area contributed by atoms with Crippen molar-refractivity contribution >= 4 is 11.6 Å². The Morgan fingerprint density at radius 2 is 2.00 bits per heavy atom. The Balaban J connectivity index is 2.45. The van der Waals surface area contributed by atoms with Gasteiger partial charge in [-0.05, 0) is 31.2 Å². The number of aromatic nitrogens is 2. The molecule has 1 aromatic heterocycles. The van der Waals surface area contributed by atoms with E-state index in [0.717, 1.165) is 12.1 Å². The van der Waals surface area contributed by atoms with Gasteiger partial charge in [0, 0.05) is 0 Å². The van der Waals surface area contributed by atoms with Crippen LogP contribution in [0, 0.1) is 22.9 Å². The van der Waals surface area contributed by atoms with Gasteiger partial charge in [0.1, 0.15) is 17.3 Å². The molecule has 0 fully saturated rings. The van der Waals surface area contributed by atoms with Gasteiger partial charge in [-0.15, -0.1) is 0 Å². The van der Waals surface area contributed by atoms with E-state index in [1.807, 2.05) is 0 Å². The number of nitrogens with two attached hydrogens (primary N) is 1. The highest BCUT2D eigenvalue weighted by Gasteiger charge is 2.24. The van der Waals surface area contributed by atoms with E-state index in [4.69, 9.17) is 10.6 Å². The van der Waals surface area contributed by atoms with Gasteiger partial charge in [-0.2, -0.15) is 4.98 Å². The van der Waals surface area contributed by atoms with Crippen LogP contribution in [0.3, 0.4) is 0 Å². The average molecular weight is 279 g/mol. The molecule has 104 valence electrons. The van der Waals surface area contributed by atoms with Gasteiger partial charge in [-0.3, -0.25) is 15.5 Å². The van der Waals surface area contributed by atoms with Gasteiger partial charge in [-0.25, -0.2) is 15.2 Å². The predicted octanol–water partition coefficient (Wildman–Crippen LogP) is 1.91. The lowest BCUT2D eigenvalue weighted by molar-refractivity contribution is -0.386. The molecule has 2 rings (SSSR count). The smallest absolute Gasteiger partial charge is 0.352 e. The second kappa shape index (κ2) is 5.45. The van der Waals surface area contributed by atoms with Crippen LogP contribution in [0.1, 0.15) is 5.69 Å². The second-order valence-electron chi connectivity index (χ2n) is 3.74. The van der Waals surface area contributed by atoms with Crippen molar-refractivity contribution < 1.29 is 14.1 Å². The van der Waals surface area contributed by atoms with Crippen LogP contribution in [-0.2, 0) is 0 Å². The van der Waals surface area contributed by atoms with Crippen molar-refractivity contribution in [2.75, 3.05) is 5.43 Å². The molecule has 20 heavy (non-hydrogen) atoms. The fourth-order valence-electron chi connectivity index (χ4n) is 1.50. The minimum atomic E-state index is -0.658. The maximum Gasteiger partial charge on any atom is 0.352 e. The number of nitrogens with zero attached hydrogens (tertiary/aromatic N) is 3. The molecule has 0 aliphatic rings. The Morgan fingerprint density at radius 3 is 2.55 bits per heavy atom. The van der Waals surface area contributed by atoms with Crippen LogP contribution >= 0.6 is 0 Å². The van der Waals surface area contributed by atoms with Crippen LogP contribution in [0.2, 0.25) is 0 Å². The quantitative estimate of drug-likeness (QED) is 0.498. The first-order chi connectivity index (χ1) is 9.51. The summed E-state index contributed by atoms with van der Waals surface area (Å²) in [6, 6.07) is 4.98. The van der Waals surface area contributed by atoms with E-state index in [0.29, 0.717) is 0 Å². The highest BCUT2D eigenvalue weighted by atomic mass is 19.1. The van der Waals surface area contributed by atoms with Crippen LogP contribution in [0.25, 0.3) is 0 Å². The minimum absolute atomic E-state index is 0.0230. The van der Waals surface area contributed by atoms with E-state index in [2.05, 4.69) is 15.4 Å². The first kappa shape index (κ1) is 13.6. The molecule has 0 aliphatic carbocycles. The van der Waals surface area contributed by atoms with Gasteiger partial charge in [0.25, 0.3) is 0 Å². The van der Waals surface area contributed by atoms with Gasteiger partial charge < -0.3 is 4.74 Å². The predicted molar refractivity (Wildman–Crippen MR) is 67.7 cm³/mol. The number of rotatable bonds is 4. The van der Waals surface area contributed by atoms with E-state index in [1.54, 1.807) is 0 Å². The number of nitrogens with one attached hydrogen (secondary N) is 1. The Bertz CT molecular complexity index is 647. The first-order valence-electron chi connectivity index (χ1n) is 5.44. The summed E-state index contributed by atoms with van der Waals surface area (Å²) in [5.41, 5.74) is 1.90. The molecule has 0 aliphatic heterocycles. The SMILES string of the molecule is Cc1nc(NN)nc(Oc2ccc(F)cc2)c1[N+](=O)[O-]. The first-order valence-corrected chi connectivity index (χ1v) is 5.44. The number of halogens is 1. The maximum atomic E-state index is 12.8. The van der Waals surface area contributed by atoms with Crippen LogP contribution in [-0.4, -0.2) is 14.9 Å². The van der Waals surface area contributed by atoms with E-state index in [9.17, 15) is 14.5 Å². The number of nitrogen functional groups attached to an aromatic ring is 1. The summed E-state index contributed by atoms with van der Waals surface area (Å²) in [7, 11) is 0. The Labute approximate surface area is 112 Å². The lowest BCUT2D eigenvalue weighted by Crippen LogP contribution is -2.12. The molecule has 3 N–H and O–H groups in total. The summed E-state index contributed by atoms with van der Waals surface area (Å²) in [6.07, 6.45) is 0. The molecule has 0 radical (unpaired) electrons. The van der Waals surface area contributed by atoms with E-state index >= 15 is 0 Å². The number of hydrogen-bond acceptors (Lipinski definition) is 7. The highest BCUT2D eigenvalue weighted by molar-refractivity contribution is 5.50. The zero-order valence-corrected chi connectivity index (χ0v) is 10.3. The molecule has 8 nitrogen and oxygen atoms in total. The Morgan fingerprint density at radius 1 is 1.35 bits per heavy atom. The van der Waals surface area contributed by atoms with E-state index in [-0.39, 0.29) is 29.0 Å². The number of benzene rings is 1. The number of hydrazine groups is 1. The third kappa shape index (κ3) is 2.78. The monoisotopic (exact) mass is 279 g/mol. The largest absolute Gasteiger partial charge is 0.434 e. The maximum absolute atomic E-state index is 12.8. The summed E-state index contributed by atoms with van der Waals surface area (Å²) >= 11 is 0. The van der Waals surface area contributed by atoms with Crippen molar-refractivity contribution in [2.45, 2.75) is 6.92 Å². The summed E-state index contributed by atoms with van der Waals surface area (Å²) in [6.45, 7) is 1.43. The van der Waals surface area contributed by atoms with Gasteiger partial charge in [0.05, 0.1) is 4.92 Å². The molecule has 0 saturated carbocycles. The van der Waals surface area contributed by atoms with Crippen molar-refractivity contribution in [1.29, 1.82) is 0 Å². The van der Waals surface area contributed by atoms with Crippen LogP contribution in [0.4, 0.5) is 16.0 Å². The molecule has 0 spiro atoms. The molecule has 0 amide bonds. The molecule has 0 atom stereocenters. The van der Waals surface area contributed by atoms with E-state index < -0.39 is 10.7 Å². The number of aryl methyl sites for hydroxylation is 1. The van der Waals surface area contributed by atoms with Crippen LogP contribution in [0.5, 0.6) is 11.6 Å². The summed E-state index contributed by atoms with van der Waals surface area (Å²) < 4.78 is 18.1. The van der Waals surface area contributed by atoms with Crippen molar-refractivity contribution in [1.82, 2.24) is 9.97 Å². The molecule has 9 heteroatoms. The molecule has 0 bridgehead atoms. The van der Waals surface area contributed by atoms with Gasteiger partial charge in [0.2, 0.25) is 5.95 Å². The number of anilines is 1. The highest BCUT2D eigenvalue weighted by Crippen LogP contribution is 2.32. The van der Waals surface area contributed by atoms with Gasteiger partial charge in [-0.1, -0.05) is 0 Å². The van der Waals surface area contributed by atoms with Crippen LogP contribution < -0.4 is 16.0 Å². The molecule has 0 saturated heterocycles. The topological polar surface area (TPSA) is 116 Å². The molecule has 2 aromatic rings. The fourth-order valence-corrected chi connectivity index (χ4v) is 1.50. The van der Waals surface area contributed by atoms with Gasteiger partial charge in [0.15, 0.2) is 0 Å². The summed E-state index contributed by atoms with van der Waals surface area (Å²) in [4.78, 5) is 17.9. The third-order valence-electron chi connectivity index (χ3n) is 2.37. The van der Waals surface area contributed by atoms with Crippen molar-refractivity contribution in [3.05, 3.63) is 45.9 Å². The van der Waals surface area contributed by atoms with E-state index in [1.165, 1.54) is 19.1 Å².